The summed E-state index contributed by atoms with van der Waals surface area (Å²) in [6.07, 6.45) is 4.30. The van der Waals surface area contributed by atoms with Gasteiger partial charge in [0.05, 0.1) is 0 Å². The molecule has 0 unspecified atom stereocenters. The summed E-state index contributed by atoms with van der Waals surface area (Å²) in [5, 5.41) is 9.17. The lowest BCUT2D eigenvalue weighted by Crippen LogP contribution is -2.36. The topological polar surface area (TPSA) is 76.4 Å². The lowest BCUT2D eigenvalue weighted by Gasteiger charge is -2.36. The Hall–Kier alpha value is -2.61. The van der Waals surface area contributed by atoms with Gasteiger partial charge in [0.2, 0.25) is 0 Å². The number of nitriles is 1. The molecule has 1 aliphatic carbocycles. The Morgan fingerprint density at radius 2 is 1.96 bits per heavy atom. The monoisotopic (exact) mass is 369 g/mol. The maximum atomic E-state index is 12.2. The quantitative estimate of drug-likeness (QED) is 0.428. The summed E-state index contributed by atoms with van der Waals surface area (Å²) in [6, 6.07) is 10.8. The van der Waals surface area contributed by atoms with E-state index < -0.39 is 18.5 Å². The molecule has 1 aromatic rings. The number of hydrogen-bond acceptors (Lipinski definition) is 5. The smallest absolute Gasteiger partial charge is 0.349 e. The second kappa shape index (κ2) is 9.91. The lowest BCUT2D eigenvalue weighted by molar-refractivity contribution is -0.165. The summed E-state index contributed by atoms with van der Waals surface area (Å²) in [6.45, 7) is 5.94. The van der Waals surface area contributed by atoms with Gasteiger partial charge >= 0.3 is 11.9 Å². The minimum Gasteiger partial charge on any atom is -0.460 e. The Balaban J connectivity index is 1.91. The second-order valence-electron chi connectivity index (χ2n) is 7.51. The number of carbonyl (C=O) groups is 2. The number of benzene rings is 1. The van der Waals surface area contributed by atoms with E-state index in [0.29, 0.717) is 23.3 Å². The first-order chi connectivity index (χ1) is 12.9. The summed E-state index contributed by atoms with van der Waals surface area (Å²) in [5.74, 6) is -0.120. The number of rotatable bonds is 6. The molecule has 2 rings (SSSR count). The van der Waals surface area contributed by atoms with E-state index in [1.54, 1.807) is 24.3 Å². The van der Waals surface area contributed by atoms with E-state index in [-0.39, 0.29) is 11.7 Å². The molecule has 5 nitrogen and oxygen atoms in total. The standard InChI is InChI=1S/C22H27NO4/c1-15(2)19-10-9-16(3)11-20(19)27-21(24)14-26-22(25)18(13-23)12-17-7-5-4-6-8-17/h4-8,12,15-16,19-20H,9-11,14H2,1-3H3/b18-12+/t16-,19+,20+/m1/s1. The fourth-order valence-electron chi connectivity index (χ4n) is 3.51. The van der Waals surface area contributed by atoms with Gasteiger partial charge in [0.15, 0.2) is 6.61 Å². The zero-order chi connectivity index (χ0) is 19.8. The number of esters is 2. The minimum absolute atomic E-state index is 0.143. The molecule has 0 bridgehead atoms. The molecule has 1 aromatic carbocycles. The van der Waals surface area contributed by atoms with E-state index >= 15 is 0 Å². The number of ether oxygens (including phenoxy) is 2. The average Bonchev–Trinajstić information content (AvgIpc) is 2.64. The van der Waals surface area contributed by atoms with Crippen LogP contribution in [0.2, 0.25) is 0 Å². The molecule has 1 aliphatic rings. The van der Waals surface area contributed by atoms with E-state index in [0.717, 1.165) is 19.3 Å². The van der Waals surface area contributed by atoms with Crippen molar-refractivity contribution in [3.05, 3.63) is 41.5 Å². The molecule has 0 aromatic heterocycles. The highest BCUT2D eigenvalue weighted by Gasteiger charge is 2.33. The minimum atomic E-state index is -0.823. The molecule has 0 N–H and O–H groups in total. The molecule has 0 aliphatic heterocycles. The normalized spacial score (nSPS) is 22.8. The summed E-state index contributed by atoms with van der Waals surface area (Å²) >= 11 is 0. The van der Waals surface area contributed by atoms with Gasteiger partial charge in [-0.15, -0.1) is 0 Å². The average molecular weight is 369 g/mol. The van der Waals surface area contributed by atoms with Gasteiger partial charge in [0, 0.05) is 0 Å². The van der Waals surface area contributed by atoms with Gasteiger partial charge in [-0.25, -0.2) is 9.59 Å². The largest absolute Gasteiger partial charge is 0.460 e. The van der Waals surface area contributed by atoms with Gasteiger partial charge in [-0.05, 0) is 42.2 Å². The van der Waals surface area contributed by atoms with Gasteiger partial charge in [-0.3, -0.25) is 0 Å². The maximum Gasteiger partial charge on any atom is 0.349 e. The van der Waals surface area contributed by atoms with Crippen molar-refractivity contribution in [2.45, 2.75) is 46.1 Å². The van der Waals surface area contributed by atoms with E-state index in [9.17, 15) is 14.9 Å². The Kier molecular flexibility index (Phi) is 7.60. The molecular weight excluding hydrogens is 342 g/mol. The van der Waals surface area contributed by atoms with Crippen molar-refractivity contribution in [3.8, 4) is 6.07 Å². The summed E-state index contributed by atoms with van der Waals surface area (Å²) in [7, 11) is 0. The molecule has 27 heavy (non-hydrogen) atoms. The lowest BCUT2D eigenvalue weighted by atomic mass is 9.75. The first-order valence-corrected chi connectivity index (χ1v) is 9.44. The molecule has 0 radical (unpaired) electrons. The molecule has 0 spiro atoms. The summed E-state index contributed by atoms with van der Waals surface area (Å²) in [4.78, 5) is 24.2. The molecule has 0 amide bonds. The summed E-state index contributed by atoms with van der Waals surface area (Å²) in [5.41, 5.74) is 0.560. The highest BCUT2D eigenvalue weighted by molar-refractivity contribution is 5.98. The zero-order valence-corrected chi connectivity index (χ0v) is 16.2. The highest BCUT2D eigenvalue weighted by Crippen LogP contribution is 2.35. The van der Waals surface area contributed by atoms with E-state index in [1.165, 1.54) is 6.08 Å². The Morgan fingerprint density at radius 3 is 2.59 bits per heavy atom. The van der Waals surface area contributed by atoms with Gasteiger partial charge in [-0.2, -0.15) is 5.26 Å². The van der Waals surface area contributed by atoms with Crippen molar-refractivity contribution in [2.24, 2.45) is 17.8 Å². The zero-order valence-electron chi connectivity index (χ0n) is 16.2. The van der Waals surface area contributed by atoms with Crippen LogP contribution in [0.25, 0.3) is 6.08 Å². The van der Waals surface area contributed by atoms with E-state index in [2.05, 4.69) is 20.8 Å². The van der Waals surface area contributed by atoms with Crippen molar-refractivity contribution < 1.29 is 19.1 Å². The van der Waals surface area contributed by atoms with Crippen LogP contribution in [0.4, 0.5) is 0 Å². The third kappa shape index (κ3) is 6.25. The maximum absolute atomic E-state index is 12.2. The van der Waals surface area contributed by atoms with Gasteiger partial charge in [0.1, 0.15) is 17.7 Å². The van der Waals surface area contributed by atoms with Crippen LogP contribution in [0.15, 0.2) is 35.9 Å². The van der Waals surface area contributed by atoms with Crippen LogP contribution in [-0.4, -0.2) is 24.6 Å². The van der Waals surface area contributed by atoms with Crippen LogP contribution in [0.3, 0.4) is 0 Å². The second-order valence-corrected chi connectivity index (χ2v) is 7.51. The fraction of sp³-hybridized carbons (Fsp3) is 0.500. The fourth-order valence-corrected chi connectivity index (χ4v) is 3.51. The van der Waals surface area contributed by atoms with Crippen LogP contribution >= 0.6 is 0 Å². The van der Waals surface area contributed by atoms with Gasteiger partial charge in [-0.1, -0.05) is 57.5 Å². The number of hydrogen-bond donors (Lipinski definition) is 0. The van der Waals surface area contributed by atoms with Crippen molar-refractivity contribution >= 4 is 18.0 Å². The Bertz CT molecular complexity index is 718. The first kappa shape index (κ1) is 20.7. The van der Waals surface area contributed by atoms with Crippen molar-refractivity contribution in [1.29, 1.82) is 5.26 Å². The molecule has 144 valence electrons. The van der Waals surface area contributed by atoms with Gasteiger partial charge in [0.25, 0.3) is 0 Å². The highest BCUT2D eigenvalue weighted by atomic mass is 16.6. The van der Waals surface area contributed by atoms with Gasteiger partial charge < -0.3 is 9.47 Å². The van der Waals surface area contributed by atoms with E-state index in [1.807, 2.05) is 12.1 Å². The molecular formula is C22H27NO4. The molecule has 1 fully saturated rings. The molecule has 0 saturated heterocycles. The predicted octanol–water partition coefficient (Wildman–Crippen LogP) is 4.14. The van der Waals surface area contributed by atoms with Crippen LogP contribution in [0, 0.1) is 29.1 Å². The van der Waals surface area contributed by atoms with Crippen molar-refractivity contribution in [1.82, 2.24) is 0 Å². The molecule has 0 heterocycles. The van der Waals surface area contributed by atoms with Crippen LogP contribution < -0.4 is 0 Å². The number of nitrogens with zero attached hydrogens (tertiary/aromatic N) is 1. The Morgan fingerprint density at radius 1 is 1.26 bits per heavy atom. The van der Waals surface area contributed by atoms with Crippen molar-refractivity contribution in [2.75, 3.05) is 6.61 Å². The molecule has 1 saturated carbocycles. The summed E-state index contributed by atoms with van der Waals surface area (Å²) < 4.78 is 10.6. The Labute approximate surface area is 161 Å². The molecule has 5 heteroatoms. The third-order valence-electron chi connectivity index (χ3n) is 5.02. The third-order valence-corrected chi connectivity index (χ3v) is 5.02. The predicted molar refractivity (Wildman–Crippen MR) is 102 cm³/mol. The SMILES string of the molecule is CC(C)[C@@H]1CC[C@@H](C)C[C@@H]1OC(=O)COC(=O)/C(C#N)=C/c1ccccc1. The first-order valence-electron chi connectivity index (χ1n) is 9.44. The van der Waals surface area contributed by atoms with Crippen LogP contribution in [-0.2, 0) is 19.1 Å². The van der Waals surface area contributed by atoms with E-state index in [4.69, 9.17) is 9.47 Å². The van der Waals surface area contributed by atoms with Crippen LogP contribution in [0.5, 0.6) is 0 Å². The van der Waals surface area contributed by atoms with Crippen molar-refractivity contribution in [3.63, 3.8) is 0 Å². The number of carbonyl (C=O) groups excluding carboxylic acids is 2. The molecule has 3 atom stereocenters. The van der Waals surface area contributed by atoms with Crippen LogP contribution in [0.1, 0.15) is 45.6 Å².